The number of nitrogens with one attached hydrogen (secondary N) is 1. The molecule has 0 unspecified atom stereocenters. The Morgan fingerprint density at radius 2 is 1.61 bits per heavy atom. The zero-order chi connectivity index (χ0) is 18.0. The van der Waals surface area contributed by atoms with Gasteiger partial charge in [-0.25, -0.2) is 0 Å². The Morgan fingerprint density at radius 3 is 2.61 bits per heavy atom. The molecule has 1 N–H and O–H groups in total. The van der Waals surface area contributed by atoms with Gasteiger partial charge < -0.3 is 4.98 Å². The summed E-state index contributed by atoms with van der Waals surface area (Å²) in [5.41, 5.74) is 5.11. The molecule has 0 fully saturated rings. The van der Waals surface area contributed by atoms with Gasteiger partial charge in [-0.1, -0.05) is 36.4 Å². The zero-order valence-corrected chi connectivity index (χ0v) is 16.2. The van der Waals surface area contributed by atoms with Crippen molar-refractivity contribution in [3.63, 3.8) is 0 Å². The lowest BCUT2D eigenvalue weighted by molar-refractivity contribution is 1.39. The van der Waals surface area contributed by atoms with E-state index in [1.54, 1.807) is 0 Å². The molecule has 0 saturated heterocycles. The van der Waals surface area contributed by atoms with Crippen molar-refractivity contribution in [2.45, 2.75) is 0 Å². The highest BCUT2D eigenvalue weighted by Crippen LogP contribution is 2.47. The third-order valence-electron chi connectivity index (χ3n) is 6.16. The fourth-order valence-electron chi connectivity index (χ4n) is 5.10. The minimum atomic E-state index is 1.22. The fraction of sp³-hybridized carbons (Fsp3) is 0. The average Bonchev–Trinajstić information content (AvgIpc) is 3.45. The molecule has 0 saturated carbocycles. The van der Waals surface area contributed by atoms with Crippen molar-refractivity contribution in [2.75, 3.05) is 0 Å². The quantitative estimate of drug-likeness (QED) is 0.272. The van der Waals surface area contributed by atoms with E-state index in [0.29, 0.717) is 0 Å². The van der Waals surface area contributed by atoms with E-state index >= 15 is 0 Å². The maximum atomic E-state index is 3.66. The standard InChI is InChI=1S/C24H12N2S2/c1-2-7-18-12(4-1)19-13-8-9-16-21-20-14(5-3-6-15(20)25-16)23-17(10-11-27-23)26(22(13)21)24(19)28-18/h1-11,25H. The number of hydrogen-bond acceptors (Lipinski definition) is 2. The van der Waals surface area contributed by atoms with Crippen LogP contribution >= 0.6 is 22.7 Å². The van der Waals surface area contributed by atoms with Gasteiger partial charge in [0.15, 0.2) is 0 Å². The molecule has 0 radical (unpaired) electrons. The van der Waals surface area contributed by atoms with Gasteiger partial charge in [-0.15, -0.1) is 22.7 Å². The Balaban J connectivity index is 1.91. The van der Waals surface area contributed by atoms with Crippen LogP contribution < -0.4 is 0 Å². The highest BCUT2D eigenvalue weighted by Gasteiger charge is 2.22. The molecule has 3 aromatic carbocycles. The van der Waals surface area contributed by atoms with Crippen LogP contribution in [-0.4, -0.2) is 9.38 Å². The molecule has 0 atom stereocenters. The first-order valence-corrected chi connectivity index (χ1v) is 11.1. The van der Waals surface area contributed by atoms with Crippen LogP contribution in [0.2, 0.25) is 0 Å². The summed E-state index contributed by atoms with van der Waals surface area (Å²) in [6, 6.07) is 22.3. The fourth-order valence-corrected chi connectivity index (χ4v) is 7.25. The molecule has 4 heteroatoms. The summed E-state index contributed by atoms with van der Waals surface area (Å²) in [4.78, 5) is 5.02. The van der Waals surface area contributed by atoms with Crippen molar-refractivity contribution in [3.8, 4) is 0 Å². The summed E-state index contributed by atoms with van der Waals surface area (Å²) < 4.78 is 5.24. The monoisotopic (exact) mass is 392 g/mol. The van der Waals surface area contributed by atoms with Gasteiger partial charge in [-0.05, 0) is 29.6 Å². The Kier molecular flexibility index (Phi) is 2.24. The third-order valence-corrected chi connectivity index (χ3v) is 8.26. The van der Waals surface area contributed by atoms with E-state index in [4.69, 9.17) is 0 Å². The molecule has 0 amide bonds. The number of hydrogen-bond donors (Lipinski definition) is 1. The largest absolute Gasteiger partial charge is 0.354 e. The number of rotatable bonds is 0. The van der Waals surface area contributed by atoms with Gasteiger partial charge >= 0.3 is 0 Å². The van der Waals surface area contributed by atoms with E-state index in [1.165, 1.54) is 68.6 Å². The predicted octanol–water partition coefficient (Wildman–Crippen LogP) is 7.75. The molecule has 5 aromatic heterocycles. The van der Waals surface area contributed by atoms with E-state index in [0.717, 1.165) is 0 Å². The van der Waals surface area contributed by atoms with Crippen LogP contribution in [0.3, 0.4) is 0 Å². The molecule has 130 valence electrons. The summed E-state index contributed by atoms with van der Waals surface area (Å²) in [5.74, 6) is 0. The summed E-state index contributed by atoms with van der Waals surface area (Å²) >= 11 is 3.75. The Hall–Kier alpha value is -3.08. The van der Waals surface area contributed by atoms with Gasteiger partial charge in [0.1, 0.15) is 4.83 Å². The molecule has 2 nitrogen and oxygen atoms in total. The smallest absolute Gasteiger partial charge is 0.109 e. The normalized spacial score (nSPS) is 13.0. The number of aromatic nitrogens is 2. The lowest BCUT2D eigenvalue weighted by Crippen LogP contribution is -1.81. The highest BCUT2D eigenvalue weighted by atomic mass is 32.1. The van der Waals surface area contributed by atoms with E-state index in [9.17, 15) is 0 Å². The van der Waals surface area contributed by atoms with Crippen molar-refractivity contribution < 1.29 is 0 Å². The number of aromatic amines is 1. The second-order valence-electron chi connectivity index (χ2n) is 7.49. The van der Waals surface area contributed by atoms with Crippen LogP contribution in [0.1, 0.15) is 0 Å². The van der Waals surface area contributed by atoms with Gasteiger partial charge in [0.2, 0.25) is 0 Å². The minimum absolute atomic E-state index is 1.22. The van der Waals surface area contributed by atoms with Gasteiger partial charge in [-0.3, -0.25) is 4.40 Å². The lowest BCUT2D eigenvalue weighted by Gasteiger charge is -1.98. The van der Waals surface area contributed by atoms with Crippen molar-refractivity contribution >= 4 is 91.3 Å². The van der Waals surface area contributed by atoms with Crippen LogP contribution in [0.15, 0.2) is 66.0 Å². The maximum absolute atomic E-state index is 3.66. The van der Waals surface area contributed by atoms with E-state index in [2.05, 4.69) is 75.4 Å². The number of thiophene rings is 2. The van der Waals surface area contributed by atoms with Crippen LogP contribution in [0.25, 0.3) is 68.6 Å². The highest BCUT2D eigenvalue weighted by molar-refractivity contribution is 7.26. The lowest BCUT2D eigenvalue weighted by atomic mass is 10.1. The minimum Gasteiger partial charge on any atom is -0.354 e. The number of fused-ring (bicyclic) bond motifs is 8. The van der Waals surface area contributed by atoms with Crippen molar-refractivity contribution in [3.05, 3.63) is 66.0 Å². The number of benzene rings is 3. The summed E-state index contributed by atoms with van der Waals surface area (Å²) in [7, 11) is 0. The average molecular weight is 393 g/mol. The van der Waals surface area contributed by atoms with Crippen LogP contribution in [0, 0.1) is 0 Å². The molecule has 0 aliphatic heterocycles. The first-order chi connectivity index (χ1) is 13.9. The van der Waals surface area contributed by atoms with E-state index < -0.39 is 0 Å². The second-order valence-corrected chi connectivity index (χ2v) is 9.43. The van der Waals surface area contributed by atoms with Crippen molar-refractivity contribution in [2.24, 2.45) is 0 Å². The van der Waals surface area contributed by atoms with Gasteiger partial charge in [-0.2, -0.15) is 0 Å². The molecule has 0 aliphatic rings. The molecule has 8 aromatic rings. The summed E-state index contributed by atoms with van der Waals surface area (Å²) in [5, 5.41) is 10.4. The van der Waals surface area contributed by atoms with E-state index in [-0.39, 0.29) is 0 Å². The Morgan fingerprint density at radius 1 is 0.714 bits per heavy atom. The topological polar surface area (TPSA) is 20.2 Å². The van der Waals surface area contributed by atoms with Crippen LogP contribution in [0.4, 0.5) is 0 Å². The van der Waals surface area contributed by atoms with Crippen molar-refractivity contribution in [1.29, 1.82) is 0 Å². The number of nitrogens with zero attached hydrogens (tertiary/aromatic N) is 1. The van der Waals surface area contributed by atoms with E-state index in [1.807, 2.05) is 22.7 Å². The molecule has 28 heavy (non-hydrogen) atoms. The first kappa shape index (κ1) is 14.0. The molecule has 0 bridgehead atoms. The molecule has 5 heterocycles. The Bertz CT molecular complexity index is 1870. The van der Waals surface area contributed by atoms with Gasteiger partial charge in [0.05, 0.1) is 15.7 Å². The van der Waals surface area contributed by atoms with Gasteiger partial charge in [0.25, 0.3) is 0 Å². The first-order valence-electron chi connectivity index (χ1n) is 9.37. The molecule has 8 rings (SSSR count). The summed E-state index contributed by atoms with van der Waals surface area (Å²) in [6.07, 6.45) is 0. The Labute approximate surface area is 166 Å². The maximum Gasteiger partial charge on any atom is 0.109 e. The molecular formula is C24H12N2S2. The molecular weight excluding hydrogens is 380 g/mol. The third kappa shape index (κ3) is 1.39. The van der Waals surface area contributed by atoms with Crippen molar-refractivity contribution in [1.82, 2.24) is 9.38 Å². The van der Waals surface area contributed by atoms with Crippen LogP contribution in [-0.2, 0) is 0 Å². The predicted molar refractivity (Wildman–Crippen MR) is 124 cm³/mol. The molecule has 0 spiro atoms. The second kappa shape index (κ2) is 4.49. The van der Waals surface area contributed by atoms with Gasteiger partial charge in [0, 0.05) is 48.1 Å². The number of H-pyrrole nitrogens is 1. The van der Waals surface area contributed by atoms with Crippen LogP contribution in [0.5, 0.6) is 0 Å². The zero-order valence-electron chi connectivity index (χ0n) is 14.6. The molecule has 0 aliphatic carbocycles. The summed E-state index contributed by atoms with van der Waals surface area (Å²) in [6.45, 7) is 0. The SMILES string of the molecule is c1ccc2c(c1)sc1c2c2ccc3[nH]c4cccc5c6sccc6n1c2c3c45.